The molecule has 0 aliphatic heterocycles. The second-order valence-electron chi connectivity index (χ2n) is 4.82. The van der Waals surface area contributed by atoms with Crippen LogP contribution in [0.5, 0.6) is 0 Å². The fourth-order valence-corrected chi connectivity index (χ4v) is 2.32. The minimum absolute atomic E-state index is 0.431. The molecule has 0 unspecified atom stereocenters. The monoisotopic (exact) mass is 293 g/mol. The van der Waals surface area contributed by atoms with Crippen molar-refractivity contribution in [1.82, 2.24) is 5.32 Å². The molecule has 2 aromatic rings. The Bertz CT molecular complexity index is 564. The summed E-state index contributed by atoms with van der Waals surface area (Å²) in [7, 11) is 0. The van der Waals surface area contributed by atoms with Gasteiger partial charge in [-0.2, -0.15) is 0 Å². The summed E-state index contributed by atoms with van der Waals surface area (Å²) in [6, 6.07) is 14.3. The molecule has 0 aromatic heterocycles. The van der Waals surface area contributed by atoms with E-state index in [4.69, 9.17) is 23.2 Å². The highest BCUT2D eigenvalue weighted by atomic mass is 35.5. The molecule has 19 heavy (non-hydrogen) atoms. The molecule has 0 saturated heterocycles. The molecule has 0 aliphatic rings. The number of halogens is 2. The van der Waals surface area contributed by atoms with Crippen molar-refractivity contribution in [2.75, 3.05) is 0 Å². The molecule has 2 aromatic carbocycles. The second kappa shape index (κ2) is 6.42. The Morgan fingerprint density at radius 3 is 2.42 bits per heavy atom. The van der Waals surface area contributed by atoms with Crippen LogP contribution in [0.2, 0.25) is 10.0 Å². The lowest BCUT2D eigenvalue weighted by Gasteiger charge is -2.12. The molecule has 2 rings (SSSR count). The van der Waals surface area contributed by atoms with E-state index in [9.17, 15) is 0 Å². The second-order valence-corrected chi connectivity index (χ2v) is 5.64. The summed E-state index contributed by atoms with van der Waals surface area (Å²) < 4.78 is 0. The van der Waals surface area contributed by atoms with Gasteiger partial charge in [0.25, 0.3) is 0 Å². The van der Waals surface area contributed by atoms with E-state index in [1.165, 1.54) is 0 Å². The third-order valence-corrected chi connectivity index (χ3v) is 3.63. The van der Waals surface area contributed by atoms with E-state index < -0.39 is 0 Å². The molecule has 0 saturated carbocycles. The first-order valence-electron chi connectivity index (χ1n) is 6.34. The molecule has 1 nitrogen and oxygen atoms in total. The molecule has 0 amide bonds. The molecule has 0 fully saturated rings. The summed E-state index contributed by atoms with van der Waals surface area (Å²) in [4.78, 5) is 0. The molecule has 100 valence electrons. The predicted octanol–water partition coefficient (Wildman–Crippen LogP) is 5.16. The van der Waals surface area contributed by atoms with Crippen LogP contribution in [0, 0.1) is 0 Å². The number of rotatable bonds is 4. The maximum absolute atomic E-state index is 6.23. The first-order valence-corrected chi connectivity index (χ1v) is 7.10. The van der Waals surface area contributed by atoms with E-state index in [1.54, 1.807) is 0 Å². The van der Waals surface area contributed by atoms with Crippen molar-refractivity contribution in [1.29, 1.82) is 0 Å². The first-order chi connectivity index (χ1) is 9.08. The summed E-state index contributed by atoms with van der Waals surface area (Å²) in [5, 5.41) is 4.92. The summed E-state index contributed by atoms with van der Waals surface area (Å²) in [5.74, 6) is 0. The number of benzene rings is 2. The minimum atomic E-state index is 0.431. The average molecular weight is 294 g/mol. The molecule has 0 bridgehead atoms. The van der Waals surface area contributed by atoms with Gasteiger partial charge >= 0.3 is 0 Å². The van der Waals surface area contributed by atoms with E-state index in [1.807, 2.05) is 36.4 Å². The van der Waals surface area contributed by atoms with Crippen LogP contribution in [0.1, 0.15) is 19.4 Å². The van der Waals surface area contributed by atoms with Crippen LogP contribution in [-0.4, -0.2) is 6.04 Å². The highest BCUT2D eigenvalue weighted by Gasteiger charge is 2.07. The third-order valence-electron chi connectivity index (χ3n) is 2.93. The van der Waals surface area contributed by atoms with Gasteiger partial charge in [-0.05, 0) is 29.3 Å². The van der Waals surface area contributed by atoms with Crippen LogP contribution in [0.3, 0.4) is 0 Å². The molecule has 0 radical (unpaired) electrons. The summed E-state index contributed by atoms with van der Waals surface area (Å²) in [6.07, 6.45) is 0. The van der Waals surface area contributed by atoms with Gasteiger partial charge in [0, 0.05) is 28.2 Å². The Kier molecular flexibility index (Phi) is 4.87. The Labute approximate surface area is 124 Å². The smallest absolute Gasteiger partial charge is 0.0484 e. The summed E-state index contributed by atoms with van der Waals surface area (Å²) >= 11 is 12.5. The predicted molar refractivity (Wildman–Crippen MR) is 83.9 cm³/mol. The van der Waals surface area contributed by atoms with Gasteiger partial charge in [-0.1, -0.05) is 61.3 Å². The van der Waals surface area contributed by atoms with Crippen molar-refractivity contribution >= 4 is 23.2 Å². The quantitative estimate of drug-likeness (QED) is 0.821. The number of nitrogens with one attached hydrogen (secondary N) is 1. The van der Waals surface area contributed by atoms with Gasteiger partial charge in [-0.15, -0.1) is 0 Å². The van der Waals surface area contributed by atoms with Crippen molar-refractivity contribution < 1.29 is 0 Å². The zero-order valence-corrected chi connectivity index (χ0v) is 12.6. The Morgan fingerprint density at radius 1 is 1.00 bits per heavy atom. The lowest BCUT2D eigenvalue weighted by Crippen LogP contribution is -2.21. The average Bonchev–Trinajstić information content (AvgIpc) is 2.38. The Balaban J connectivity index is 2.33. The highest BCUT2D eigenvalue weighted by molar-refractivity contribution is 6.33. The van der Waals surface area contributed by atoms with E-state index in [2.05, 4.69) is 25.2 Å². The van der Waals surface area contributed by atoms with Crippen molar-refractivity contribution in [3.8, 4) is 11.1 Å². The fourth-order valence-electron chi connectivity index (χ4n) is 1.89. The maximum atomic E-state index is 6.23. The van der Waals surface area contributed by atoms with Gasteiger partial charge in [0.15, 0.2) is 0 Å². The topological polar surface area (TPSA) is 12.0 Å². The van der Waals surface area contributed by atoms with Crippen molar-refractivity contribution in [2.45, 2.75) is 26.4 Å². The maximum Gasteiger partial charge on any atom is 0.0484 e. The zero-order chi connectivity index (χ0) is 13.8. The fraction of sp³-hybridized carbons (Fsp3) is 0.250. The van der Waals surface area contributed by atoms with E-state index in [0.29, 0.717) is 6.04 Å². The number of hydrogen-bond donors (Lipinski definition) is 1. The van der Waals surface area contributed by atoms with E-state index in [-0.39, 0.29) is 0 Å². The van der Waals surface area contributed by atoms with Crippen molar-refractivity contribution in [3.63, 3.8) is 0 Å². The molecular formula is C16H17Cl2N. The first kappa shape index (κ1) is 14.4. The Hall–Kier alpha value is -1.02. The van der Waals surface area contributed by atoms with Crippen LogP contribution in [0.4, 0.5) is 0 Å². The zero-order valence-electron chi connectivity index (χ0n) is 11.1. The van der Waals surface area contributed by atoms with Crippen molar-refractivity contribution in [3.05, 3.63) is 58.1 Å². The minimum Gasteiger partial charge on any atom is -0.310 e. The highest BCUT2D eigenvalue weighted by Crippen LogP contribution is 2.30. The molecule has 1 N–H and O–H groups in total. The van der Waals surface area contributed by atoms with Gasteiger partial charge in [-0.3, -0.25) is 0 Å². The SMILES string of the molecule is CC(C)NCc1cc(-c2ccccc2Cl)ccc1Cl. The molecule has 0 heterocycles. The number of hydrogen-bond acceptors (Lipinski definition) is 1. The largest absolute Gasteiger partial charge is 0.310 e. The normalized spacial score (nSPS) is 11.0. The van der Waals surface area contributed by atoms with Crippen LogP contribution >= 0.6 is 23.2 Å². The van der Waals surface area contributed by atoms with Gasteiger partial charge in [0.1, 0.15) is 0 Å². The van der Waals surface area contributed by atoms with Crippen LogP contribution in [0.15, 0.2) is 42.5 Å². The van der Waals surface area contributed by atoms with E-state index in [0.717, 1.165) is 33.3 Å². The molecular weight excluding hydrogens is 277 g/mol. The van der Waals surface area contributed by atoms with Crippen molar-refractivity contribution in [2.24, 2.45) is 0 Å². The summed E-state index contributed by atoms with van der Waals surface area (Å²) in [5.41, 5.74) is 3.22. The van der Waals surface area contributed by atoms with Crippen LogP contribution in [-0.2, 0) is 6.54 Å². The van der Waals surface area contributed by atoms with Gasteiger partial charge in [0.2, 0.25) is 0 Å². The standard InChI is InChI=1S/C16H17Cl2N/c1-11(2)19-10-13-9-12(7-8-15(13)17)14-5-3-4-6-16(14)18/h3-9,11,19H,10H2,1-2H3. The van der Waals surface area contributed by atoms with Gasteiger partial charge in [-0.25, -0.2) is 0 Å². The van der Waals surface area contributed by atoms with Crippen LogP contribution in [0.25, 0.3) is 11.1 Å². The third kappa shape index (κ3) is 3.73. The van der Waals surface area contributed by atoms with E-state index >= 15 is 0 Å². The molecule has 3 heteroatoms. The van der Waals surface area contributed by atoms with Crippen LogP contribution < -0.4 is 5.32 Å². The van der Waals surface area contributed by atoms with Gasteiger partial charge < -0.3 is 5.32 Å². The van der Waals surface area contributed by atoms with Gasteiger partial charge in [0.05, 0.1) is 0 Å². The molecule has 0 spiro atoms. The molecule has 0 aliphatic carbocycles. The lowest BCUT2D eigenvalue weighted by atomic mass is 10.0. The molecule has 0 atom stereocenters. The Morgan fingerprint density at radius 2 is 1.74 bits per heavy atom. The summed E-state index contributed by atoms with van der Waals surface area (Å²) in [6.45, 7) is 4.99. The lowest BCUT2D eigenvalue weighted by molar-refractivity contribution is 0.589.